The van der Waals surface area contributed by atoms with Gasteiger partial charge in [0.05, 0.1) is 13.7 Å². The Hall–Kier alpha value is -0.460. The van der Waals surface area contributed by atoms with E-state index in [4.69, 9.17) is 5.73 Å². The van der Waals surface area contributed by atoms with Crippen molar-refractivity contribution in [3.8, 4) is 0 Å². The molecule has 1 atom stereocenters. The van der Waals surface area contributed by atoms with Crippen LogP contribution in [-0.4, -0.2) is 43.6 Å². The number of ether oxygens (including phenoxy) is 1. The van der Waals surface area contributed by atoms with Crippen LogP contribution < -0.4 is 11.1 Å². The van der Waals surface area contributed by atoms with Crippen molar-refractivity contribution in [1.29, 1.82) is 0 Å². The van der Waals surface area contributed by atoms with Crippen molar-refractivity contribution in [2.75, 3.05) is 25.7 Å². The fourth-order valence-corrected chi connectivity index (χ4v) is 1.35. The molecule has 0 heterocycles. The third-order valence-corrected chi connectivity index (χ3v) is 2.26. The van der Waals surface area contributed by atoms with Crippen LogP contribution in [0.5, 0.6) is 0 Å². The highest BCUT2D eigenvalue weighted by Gasteiger charge is 2.19. The number of amides is 1. The van der Waals surface area contributed by atoms with Crippen LogP contribution in [0.25, 0.3) is 0 Å². The fourth-order valence-electron chi connectivity index (χ4n) is 0.880. The predicted molar refractivity (Wildman–Crippen MR) is 63.2 cm³/mol. The maximum Gasteiger partial charge on any atom is 0.328 e. The highest BCUT2D eigenvalue weighted by molar-refractivity contribution is 7.98. The maximum absolute atomic E-state index is 11.2. The predicted octanol–water partition coefficient (Wildman–Crippen LogP) is -0.222. The van der Waals surface area contributed by atoms with Gasteiger partial charge in [0.15, 0.2) is 0 Å². The Morgan fingerprint density at radius 1 is 1.53 bits per heavy atom. The van der Waals surface area contributed by atoms with E-state index in [-0.39, 0.29) is 24.9 Å². The summed E-state index contributed by atoms with van der Waals surface area (Å²) in [5, 5.41) is 2.50. The number of nitrogens with one attached hydrogen (secondary N) is 1. The Balaban J connectivity index is 0. The summed E-state index contributed by atoms with van der Waals surface area (Å²) in [7, 11) is 1.29. The van der Waals surface area contributed by atoms with E-state index in [1.54, 1.807) is 11.8 Å². The van der Waals surface area contributed by atoms with Crippen LogP contribution >= 0.6 is 24.2 Å². The zero-order valence-electron chi connectivity index (χ0n) is 8.82. The van der Waals surface area contributed by atoms with Crippen molar-refractivity contribution in [1.82, 2.24) is 5.32 Å². The van der Waals surface area contributed by atoms with Crippen LogP contribution in [0, 0.1) is 0 Å². The van der Waals surface area contributed by atoms with Gasteiger partial charge in [-0.15, -0.1) is 12.4 Å². The fraction of sp³-hybridized carbons (Fsp3) is 0.750. The zero-order valence-corrected chi connectivity index (χ0v) is 10.5. The van der Waals surface area contributed by atoms with Crippen LogP contribution in [0.2, 0.25) is 0 Å². The summed E-state index contributed by atoms with van der Waals surface area (Å²) >= 11 is 1.60. The molecule has 0 fully saturated rings. The van der Waals surface area contributed by atoms with Crippen molar-refractivity contribution in [3.05, 3.63) is 0 Å². The Bertz CT molecular complexity index is 204. The molecular formula is C8H17ClN2O3S. The van der Waals surface area contributed by atoms with E-state index in [1.807, 2.05) is 6.26 Å². The highest BCUT2D eigenvalue weighted by atomic mass is 35.5. The van der Waals surface area contributed by atoms with E-state index in [0.717, 1.165) is 5.75 Å². The minimum atomic E-state index is -0.580. The van der Waals surface area contributed by atoms with Gasteiger partial charge < -0.3 is 15.8 Å². The van der Waals surface area contributed by atoms with Gasteiger partial charge in [0.2, 0.25) is 5.91 Å². The zero-order chi connectivity index (χ0) is 11.0. The summed E-state index contributed by atoms with van der Waals surface area (Å²) in [4.78, 5) is 22.1. The van der Waals surface area contributed by atoms with Crippen molar-refractivity contribution < 1.29 is 14.3 Å². The third kappa shape index (κ3) is 7.47. The first-order valence-corrected chi connectivity index (χ1v) is 5.61. The Morgan fingerprint density at radius 3 is 2.53 bits per heavy atom. The normalized spacial score (nSPS) is 11.1. The molecule has 0 aliphatic rings. The van der Waals surface area contributed by atoms with Crippen molar-refractivity contribution in [3.63, 3.8) is 0 Å². The lowest BCUT2D eigenvalue weighted by Crippen LogP contribution is -2.44. The van der Waals surface area contributed by atoms with Gasteiger partial charge in [-0.1, -0.05) is 0 Å². The molecule has 15 heavy (non-hydrogen) atoms. The summed E-state index contributed by atoms with van der Waals surface area (Å²) in [6.45, 7) is -0.118. The number of rotatable bonds is 6. The number of carbonyl (C=O) groups excluding carboxylic acids is 2. The van der Waals surface area contributed by atoms with E-state index in [2.05, 4.69) is 10.1 Å². The molecule has 1 unspecified atom stereocenters. The van der Waals surface area contributed by atoms with Crippen LogP contribution in [0.3, 0.4) is 0 Å². The number of nitrogens with two attached hydrogens (primary N) is 1. The topological polar surface area (TPSA) is 81.4 Å². The highest BCUT2D eigenvalue weighted by Crippen LogP contribution is 2.02. The molecule has 5 nitrogen and oxygen atoms in total. The number of methoxy groups -OCH3 is 1. The Morgan fingerprint density at radius 2 is 2.13 bits per heavy atom. The largest absolute Gasteiger partial charge is 0.467 e. The standard InChI is InChI=1S/C8H16N2O3S.ClH/c1-13-8(12)6(3-4-14-2)10-7(11)5-9;/h6H,3-5,9H2,1-2H3,(H,10,11);1H. The molecule has 0 aromatic rings. The molecule has 0 saturated carbocycles. The number of carbonyl (C=O) groups is 2. The van der Waals surface area contributed by atoms with Crippen LogP contribution in [0.4, 0.5) is 0 Å². The molecule has 0 bridgehead atoms. The van der Waals surface area contributed by atoms with Gasteiger partial charge in [0.1, 0.15) is 6.04 Å². The minimum Gasteiger partial charge on any atom is -0.467 e. The molecule has 3 N–H and O–H groups in total. The Kier molecular flexibility index (Phi) is 11.4. The second-order valence-corrected chi connectivity index (χ2v) is 3.61. The number of halogens is 1. The van der Waals surface area contributed by atoms with Gasteiger partial charge in [-0.3, -0.25) is 4.79 Å². The summed E-state index contributed by atoms with van der Waals surface area (Å²) in [5.41, 5.74) is 5.12. The van der Waals surface area contributed by atoms with Gasteiger partial charge >= 0.3 is 5.97 Å². The second-order valence-electron chi connectivity index (χ2n) is 2.63. The molecule has 7 heteroatoms. The van der Waals surface area contributed by atoms with Crippen molar-refractivity contribution >= 4 is 36.0 Å². The molecule has 0 spiro atoms. The van der Waals surface area contributed by atoms with Crippen LogP contribution in [0.15, 0.2) is 0 Å². The number of hydrogen-bond donors (Lipinski definition) is 2. The van der Waals surface area contributed by atoms with E-state index in [0.29, 0.717) is 6.42 Å². The molecule has 0 aliphatic heterocycles. The van der Waals surface area contributed by atoms with E-state index in [1.165, 1.54) is 7.11 Å². The van der Waals surface area contributed by atoms with Gasteiger partial charge in [-0.25, -0.2) is 4.79 Å². The molecule has 0 saturated heterocycles. The van der Waals surface area contributed by atoms with Gasteiger partial charge in [0.25, 0.3) is 0 Å². The molecule has 0 aromatic heterocycles. The average Bonchev–Trinajstić information content (AvgIpc) is 2.22. The lowest BCUT2D eigenvalue weighted by atomic mass is 10.2. The first kappa shape index (κ1) is 17.0. The second kappa shape index (κ2) is 10.1. The molecule has 0 radical (unpaired) electrons. The number of hydrogen-bond acceptors (Lipinski definition) is 5. The SMILES string of the molecule is COC(=O)C(CCSC)NC(=O)CN.Cl. The summed E-state index contributed by atoms with van der Waals surface area (Å²) < 4.78 is 4.55. The average molecular weight is 257 g/mol. The molecule has 0 rings (SSSR count). The molecule has 0 aliphatic carbocycles. The maximum atomic E-state index is 11.2. The Labute approximate surface area is 99.9 Å². The van der Waals surface area contributed by atoms with Crippen LogP contribution in [0.1, 0.15) is 6.42 Å². The minimum absolute atomic E-state index is 0. The van der Waals surface area contributed by atoms with Crippen molar-refractivity contribution in [2.24, 2.45) is 5.73 Å². The number of thioether (sulfide) groups is 1. The van der Waals surface area contributed by atoms with Gasteiger partial charge in [0, 0.05) is 0 Å². The number of esters is 1. The third-order valence-electron chi connectivity index (χ3n) is 1.62. The lowest BCUT2D eigenvalue weighted by molar-refractivity contribution is -0.144. The summed E-state index contributed by atoms with van der Waals surface area (Å²) in [6.07, 6.45) is 2.48. The van der Waals surface area contributed by atoms with Crippen LogP contribution in [-0.2, 0) is 14.3 Å². The molecule has 1 amide bonds. The monoisotopic (exact) mass is 256 g/mol. The van der Waals surface area contributed by atoms with E-state index in [9.17, 15) is 9.59 Å². The smallest absolute Gasteiger partial charge is 0.328 e. The first-order chi connectivity index (χ1) is 6.65. The molecule has 0 aromatic carbocycles. The van der Waals surface area contributed by atoms with E-state index >= 15 is 0 Å². The summed E-state index contributed by atoms with van der Waals surface area (Å²) in [5.74, 6) is 0.00676. The molecule has 90 valence electrons. The quantitative estimate of drug-likeness (QED) is 0.642. The first-order valence-electron chi connectivity index (χ1n) is 4.21. The van der Waals surface area contributed by atoms with Gasteiger partial charge in [-0.2, -0.15) is 11.8 Å². The van der Waals surface area contributed by atoms with E-state index < -0.39 is 12.0 Å². The van der Waals surface area contributed by atoms with Gasteiger partial charge in [-0.05, 0) is 18.4 Å². The summed E-state index contributed by atoms with van der Waals surface area (Å²) in [6, 6.07) is -0.580. The molecular weight excluding hydrogens is 240 g/mol. The lowest BCUT2D eigenvalue weighted by Gasteiger charge is -2.15. The van der Waals surface area contributed by atoms with Crippen molar-refractivity contribution in [2.45, 2.75) is 12.5 Å².